The molecular formula is C52H34. The van der Waals surface area contributed by atoms with E-state index in [0.29, 0.717) is 0 Å². The summed E-state index contributed by atoms with van der Waals surface area (Å²) >= 11 is 0. The average Bonchev–Trinajstić information content (AvgIpc) is 3.56. The minimum Gasteiger partial charge on any atom is -0.0622 e. The second-order valence-electron chi connectivity index (χ2n) is 13.6. The molecule has 10 rings (SSSR count). The van der Waals surface area contributed by atoms with Gasteiger partial charge in [-0.2, -0.15) is 0 Å². The Labute approximate surface area is 305 Å². The van der Waals surface area contributed by atoms with Gasteiger partial charge in [-0.3, -0.25) is 0 Å². The van der Waals surface area contributed by atoms with Crippen LogP contribution in [-0.4, -0.2) is 0 Å². The van der Waals surface area contributed by atoms with Crippen LogP contribution in [0.3, 0.4) is 0 Å². The van der Waals surface area contributed by atoms with Crippen LogP contribution in [0.5, 0.6) is 0 Å². The Bertz CT molecular complexity index is 2530. The third-order valence-electron chi connectivity index (χ3n) is 10.6. The zero-order chi connectivity index (χ0) is 34.4. The molecule has 9 aromatic carbocycles. The van der Waals surface area contributed by atoms with Crippen molar-refractivity contribution >= 4 is 10.8 Å². The summed E-state index contributed by atoms with van der Waals surface area (Å²) in [4.78, 5) is 0. The van der Waals surface area contributed by atoms with Gasteiger partial charge in [0.05, 0.1) is 0 Å². The summed E-state index contributed by atoms with van der Waals surface area (Å²) in [6.45, 7) is 0. The molecule has 0 bridgehead atoms. The van der Waals surface area contributed by atoms with Gasteiger partial charge in [0.15, 0.2) is 0 Å². The molecule has 9 aromatic rings. The van der Waals surface area contributed by atoms with Gasteiger partial charge < -0.3 is 0 Å². The third-order valence-corrected chi connectivity index (χ3v) is 10.6. The van der Waals surface area contributed by atoms with Crippen molar-refractivity contribution in [3.63, 3.8) is 0 Å². The second kappa shape index (κ2) is 12.5. The quantitative estimate of drug-likeness (QED) is 0.167. The Morgan fingerprint density at radius 2 is 0.442 bits per heavy atom. The van der Waals surface area contributed by atoms with E-state index < -0.39 is 0 Å². The van der Waals surface area contributed by atoms with Crippen molar-refractivity contribution in [1.29, 1.82) is 0 Å². The van der Waals surface area contributed by atoms with Crippen LogP contribution in [0.15, 0.2) is 206 Å². The number of fused-ring (bicyclic) bond motifs is 3. The van der Waals surface area contributed by atoms with E-state index >= 15 is 0 Å². The Balaban J connectivity index is 1.47. The summed E-state index contributed by atoms with van der Waals surface area (Å²) in [5.74, 6) is 0. The molecule has 1 aliphatic rings. The lowest BCUT2D eigenvalue weighted by Crippen LogP contribution is -1.99. The lowest BCUT2D eigenvalue weighted by Gasteiger charge is -2.26. The van der Waals surface area contributed by atoms with Crippen LogP contribution in [-0.2, 0) is 0 Å². The van der Waals surface area contributed by atoms with Crippen molar-refractivity contribution in [3.05, 3.63) is 206 Å². The van der Waals surface area contributed by atoms with E-state index in [0.717, 1.165) is 0 Å². The van der Waals surface area contributed by atoms with Crippen LogP contribution in [0.25, 0.3) is 99.8 Å². The van der Waals surface area contributed by atoms with E-state index in [1.54, 1.807) is 0 Å². The Morgan fingerprint density at radius 3 is 0.731 bits per heavy atom. The Kier molecular flexibility index (Phi) is 7.25. The van der Waals surface area contributed by atoms with Crippen LogP contribution in [0, 0.1) is 0 Å². The van der Waals surface area contributed by atoms with Crippen LogP contribution in [0.1, 0.15) is 0 Å². The fraction of sp³-hybridized carbons (Fsp3) is 0. The first-order valence-corrected chi connectivity index (χ1v) is 18.0. The predicted octanol–water partition coefficient (Wildman–Crippen LogP) is 14.5. The predicted molar refractivity (Wildman–Crippen MR) is 221 cm³/mol. The maximum Gasteiger partial charge on any atom is -0.000697 e. The summed E-state index contributed by atoms with van der Waals surface area (Å²) < 4.78 is 0. The topological polar surface area (TPSA) is 0 Å². The summed E-state index contributed by atoms with van der Waals surface area (Å²) in [5.41, 5.74) is 19.9. The highest BCUT2D eigenvalue weighted by atomic mass is 14.4. The number of hydrogen-bond donors (Lipinski definition) is 0. The van der Waals surface area contributed by atoms with Gasteiger partial charge >= 0.3 is 0 Å². The Morgan fingerprint density at radius 1 is 0.192 bits per heavy atom. The van der Waals surface area contributed by atoms with Gasteiger partial charge in [-0.1, -0.05) is 182 Å². The highest BCUT2D eigenvalue weighted by Crippen LogP contribution is 2.61. The summed E-state index contributed by atoms with van der Waals surface area (Å²) in [5, 5.41) is 2.57. The van der Waals surface area contributed by atoms with Crippen molar-refractivity contribution in [2.24, 2.45) is 0 Å². The van der Waals surface area contributed by atoms with Crippen LogP contribution < -0.4 is 0 Å². The fourth-order valence-electron chi connectivity index (χ4n) is 8.37. The number of hydrogen-bond acceptors (Lipinski definition) is 0. The zero-order valence-corrected chi connectivity index (χ0v) is 28.6. The van der Waals surface area contributed by atoms with Crippen molar-refractivity contribution < 1.29 is 0 Å². The highest BCUT2D eigenvalue weighted by molar-refractivity contribution is 6.27. The van der Waals surface area contributed by atoms with Gasteiger partial charge in [-0.15, -0.1) is 0 Å². The monoisotopic (exact) mass is 658 g/mol. The van der Waals surface area contributed by atoms with Gasteiger partial charge in [0, 0.05) is 0 Å². The minimum absolute atomic E-state index is 1.21. The maximum absolute atomic E-state index is 2.45. The summed E-state index contributed by atoms with van der Waals surface area (Å²) in [6.07, 6.45) is 0. The largest absolute Gasteiger partial charge is 0.0622 e. The van der Waals surface area contributed by atoms with Crippen LogP contribution in [0.4, 0.5) is 0 Å². The Hall–Kier alpha value is -6.76. The second-order valence-corrected chi connectivity index (χ2v) is 13.6. The summed E-state index contributed by atoms with van der Waals surface area (Å²) in [7, 11) is 0. The molecule has 0 unspecified atom stereocenters. The summed E-state index contributed by atoms with van der Waals surface area (Å²) in [6, 6.07) is 75.5. The van der Waals surface area contributed by atoms with Crippen molar-refractivity contribution in [1.82, 2.24) is 0 Å². The molecule has 0 fully saturated rings. The minimum atomic E-state index is 1.21. The molecule has 0 atom stereocenters. The molecule has 0 radical (unpaired) electrons. The molecule has 0 N–H and O–H groups in total. The highest BCUT2D eigenvalue weighted by Gasteiger charge is 2.34. The van der Waals surface area contributed by atoms with Crippen molar-refractivity contribution in [2.75, 3.05) is 0 Å². The van der Waals surface area contributed by atoms with Crippen LogP contribution >= 0.6 is 0 Å². The molecule has 0 aliphatic heterocycles. The third kappa shape index (κ3) is 4.92. The van der Waals surface area contributed by atoms with E-state index in [-0.39, 0.29) is 0 Å². The first-order chi connectivity index (χ1) is 25.8. The first-order valence-electron chi connectivity index (χ1n) is 18.0. The molecule has 0 spiro atoms. The van der Waals surface area contributed by atoms with Gasteiger partial charge in [0.1, 0.15) is 0 Å². The van der Waals surface area contributed by atoms with Crippen molar-refractivity contribution in [3.8, 4) is 89.0 Å². The molecule has 1 aliphatic carbocycles. The zero-order valence-electron chi connectivity index (χ0n) is 28.6. The molecule has 242 valence electrons. The molecular weight excluding hydrogens is 625 g/mol. The lowest BCUT2D eigenvalue weighted by molar-refractivity contribution is 1.54. The average molecular weight is 659 g/mol. The molecule has 0 nitrogen and oxygen atoms in total. The lowest BCUT2D eigenvalue weighted by atomic mass is 9.76. The standard InChI is InChI=1S/C52H34/c1-7-19-35(20-8-1)41-31-43-32-42(36-21-9-2-10-22-36)34-45-46(43)44(33-41)51-49(39-27-15-5-16-28-39)47(37-23-11-3-12-24-37)48(38-25-13-4-14-26-38)50(52(45)51)40-29-17-6-18-30-40/h1-34H. The van der Waals surface area contributed by atoms with Crippen LogP contribution in [0.2, 0.25) is 0 Å². The van der Waals surface area contributed by atoms with Gasteiger partial charge in [-0.25, -0.2) is 0 Å². The number of benzene rings is 9. The SMILES string of the molecule is c1ccc(-c2cc3c4c(cc(-c5ccccc5)cc4c2)-c2c(-c4ccccc4)c(-c4ccccc4)c(-c4ccccc4)c(-c4ccccc4)c2-3)cc1. The number of rotatable bonds is 6. The van der Waals surface area contributed by atoms with Gasteiger partial charge in [0.2, 0.25) is 0 Å². The first kappa shape index (κ1) is 30.1. The molecule has 52 heavy (non-hydrogen) atoms. The maximum atomic E-state index is 2.45. The molecule has 0 heterocycles. The van der Waals surface area contributed by atoms with E-state index in [2.05, 4.69) is 206 Å². The van der Waals surface area contributed by atoms with Crippen molar-refractivity contribution in [2.45, 2.75) is 0 Å². The molecule has 0 saturated carbocycles. The van der Waals surface area contributed by atoms with E-state index in [1.807, 2.05) is 0 Å². The molecule has 0 heteroatoms. The normalized spacial score (nSPS) is 11.5. The fourth-order valence-corrected chi connectivity index (χ4v) is 8.37. The molecule has 0 saturated heterocycles. The van der Waals surface area contributed by atoms with E-state index in [9.17, 15) is 0 Å². The van der Waals surface area contributed by atoms with Gasteiger partial charge in [-0.05, 0) is 124 Å². The smallest absolute Gasteiger partial charge is 0.000697 e. The van der Waals surface area contributed by atoms with E-state index in [4.69, 9.17) is 0 Å². The van der Waals surface area contributed by atoms with E-state index in [1.165, 1.54) is 99.8 Å². The molecule has 0 aromatic heterocycles. The van der Waals surface area contributed by atoms with Gasteiger partial charge in [0.25, 0.3) is 0 Å². The molecule has 0 amide bonds.